The summed E-state index contributed by atoms with van der Waals surface area (Å²) in [6.07, 6.45) is 5.47. The van der Waals surface area contributed by atoms with Gasteiger partial charge in [0.15, 0.2) is 11.6 Å². The van der Waals surface area contributed by atoms with Gasteiger partial charge in [0.2, 0.25) is 0 Å². The number of imidazole rings is 1. The molecule has 2 aromatic carbocycles. The highest BCUT2D eigenvalue weighted by Gasteiger charge is 2.24. The molecule has 41 heavy (non-hydrogen) atoms. The first kappa shape index (κ1) is 27.3. The van der Waals surface area contributed by atoms with Gasteiger partial charge in [0.1, 0.15) is 23.9 Å². The second kappa shape index (κ2) is 11.6. The molecule has 6 rings (SSSR count). The molecule has 1 atom stereocenters. The molecule has 1 saturated heterocycles. The topological polar surface area (TPSA) is 89.7 Å². The minimum Gasteiger partial charge on any atom is -0.486 e. The number of benzene rings is 2. The molecule has 0 spiro atoms. The minimum absolute atomic E-state index is 0.0416. The predicted molar refractivity (Wildman–Crippen MR) is 149 cm³/mol. The Morgan fingerprint density at radius 3 is 2.73 bits per heavy atom. The van der Waals surface area contributed by atoms with E-state index in [4.69, 9.17) is 26.1 Å². The maximum absolute atomic E-state index is 14.5. The Labute approximate surface area is 239 Å². The molecule has 2 aliphatic heterocycles. The van der Waals surface area contributed by atoms with Gasteiger partial charge in [0.25, 0.3) is 0 Å². The van der Waals surface area contributed by atoms with Gasteiger partial charge in [-0.2, -0.15) is 0 Å². The third kappa shape index (κ3) is 5.95. The largest absolute Gasteiger partial charge is 0.486 e. The number of halogens is 3. The number of hydrogen-bond acceptors (Lipinski definition) is 6. The van der Waals surface area contributed by atoms with E-state index >= 15 is 0 Å². The quantitative estimate of drug-likeness (QED) is 0.271. The highest BCUT2D eigenvalue weighted by molar-refractivity contribution is 6.30. The van der Waals surface area contributed by atoms with Crippen LogP contribution in [0.4, 0.5) is 8.78 Å². The summed E-state index contributed by atoms with van der Waals surface area (Å²) in [5.41, 5.74) is 3.54. The van der Waals surface area contributed by atoms with E-state index in [9.17, 15) is 18.7 Å². The van der Waals surface area contributed by atoms with Crippen molar-refractivity contribution in [3.63, 3.8) is 0 Å². The number of nitrogens with zero attached hydrogens (tertiary/aromatic N) is 4. The Hall–Kier alpha value is -3.86. The van der Waals surface area contributed by atoms with Crippen LogP contribution in [-0.4, -0.2) is 56.3 Å². The number of ether oxygens (including phenoxy) is 2. The lowest BCUT2D eigenvalue weighted by molar-refractivity contribution is -0.0592. The highest BCUT2D eigenvalue weighted by atomic mass is 35.5. The second-order valence-electron chi connectivity index (χ2n) is 10.2. The summed E-state index contributed by atoms with van der Waals surface area (Å²) in [6, 6.07) is 10.5. The van der Waals surface area contributed by atoms with Crippen molar-refractivity contribution in [3.05, 3.63) is 94.0 Å². The van der Waals surface area contributed by atoms with Crippen LogP contribution in [-0.2, 0) is 24.4 Å². The molecule has 11 heteroatoms. The smallest absolute Gasteiger partial charge is 0.354 e. The van der Waals surface area contributed by atoms with Crippen molar-refractivity contribution < 1.29 is 28.2 Å². The fraction of sp³-hybridized carbons (Fsp3) is 0.300. The number of hydrogen-bond donors (Lipinski definition) is 1. The summed E-state index contributed by atoms with van der Waals surface area (Å²) < 4.78 is 42.0. The van der Waals surface area contributed by atoms with Gasteiger partial charge in [-0.05, 0) is 54.3 Å². The first-order valence-corrected chi connectivity index (χ1v) is 13.7. The molecule has 1 N–H and O–H groups in total. The summed E-state index contributed by atoms with van der Waals surface area (Å²) >= 11 is 5.81. The van der Waals surface area contributed by atoms with E-state index in [1.807, 2.05) is 0 Å². The van der Waals surface area contributed by atoms with Crippen LogP contribution in [0.3, 0.4) is 0 Å². The second-order valence-corrected chi connectivity index (χ2v) is 10.6. The van der Waals surface area contributed by atoms with Crippen LogP contribution < -0.4 is 4.74 Å². The van der Waals surface area contributed by atoms with Gasteiger partial charge in [-0.25, -0.2) is 23.5 Å². The van der Waals surface area contributed by atoms with Crippen molar-refractivity contribution in [2.75, 3.05) is 19.7 Å². The lowest BCUT2D eigenvalue weighted by atomic mass is 9.99. The van der Waals surface area contributed by atoms with Gasteiger partial charge in [0.05, 0.1) is 36.4 Å². The Balaban J connectivity index is 1.16. The molecule has 4 aromatic rings. The third-order valence-corrected chi connectivity index (χ3v) is 7.71. The van der Waals surface area contributed by atoms with Gasteiger partial charge < -0.3 is 19.1 Å². The lowest BCUT2D eigenvalue weighted by Gasteiger charge is -2.29. The predicted octanol–water partition coefficient (Wildman–Crippen LogP) is 5.72. The van der Waals surface area contributed by atoms with E-state index in [1.165, 1.54) is 24.3 Å². The maximum Gasteiger partial charge on any atom is 0.354 e. The molecular weight excluding hydrogens is 554 g/mol. The van der Waals surface area contributed by atoms with Crippen molar-refractivity contribution in [1.82, 2.24) is 19.4 Å². The van der Waals surface area contributed by atoms with Crippen LogP contribution >= 0.6 is 11.6 Å². The zero-order chi connectivity index (χ0) is 28.5. The van der Waals surface area contributed by atoms with Crippen molar-refractivity contribution in [3.8, 4) is 5.75 Å². The molecule has 1 fully saturated rings. The first-order valence-electron chi connectivity index (χ1n) is 13.3. The number of fused-ring (bicyclic) bond motifs is 1. The number of pyridine rings is 1. The highest BCUT2D eigenvalue weighted by Crippen LogP contribution is 2.29. The zero-order valence-corrected chi connectivity index (χ0v) is 22.8. The SMILES string of the molecule is O=C(O)c1cc2nc(CN3CC=C(c4ccc(F)c(OCc5ccc(Cl)cc5F)c4)CC3)n(C[C@@H]3CCO3)c2cn1. The van der Waals surface area contributed by atoms with Crippen LogP contribution in [0, 0.1) is 11.6 Å². The average molecular weight is 581 g/mol. The summed E-state index contributed by atoms with van der Waals surface area (Å²) in [5.74, 6) is -1.23. The zero-order valence-electron chi connectivity index (χ0n) is 22.0. The summed E-state index contributed by atoms with van der Waals surface area (Å²) in [6.45, 7) is 3.22. The summed E-state index contributed by atoms with van der Waals surface area (Å²) in [4.78, 5) is 22.5. The van der Waals surface area contributed by atoms with Crippen molar-refractivity contribution in [2.24, 2.45) is 0 Å². The van der Waals surface area contributed by atoms with E-state index < -0.39 is 17.6 Å². The number of aromatic nitrogens is 3. The molecule has 212 valence electrons. The van der Waals surface area contributed by atoms with E-state index in [1.54, 1.807) is 24.4 Å². The normalized spacial score (nSPS) is 17.3. The monoisotopic (exact) mass is 580 g/mol. The lowest BCUT2D eigenvalue weighted by Crippen LogP contribution is -2.33. The average Bonchev–Trinajstić information content (AvgIpc) is 3.27. The molecule has 4 heterocycles. The molecule has 8 nitrogen and oxygen atoms in total. The van der Waals surface area contributed by atoms with Gasteiger partial charge in [-0.3, -0.25) is 4.90 Å². The van der Waals surface area contributed by atoms with Crippen molar-refractivity contribution in [2.45, 2.75) is 38.6 Å². The minimum atomic E-state index is -1.09. The third-order valence-electron chi connectivity index (χ3n) is 7.47. The molecular formula is C30H27ClF2N4O4. The van der Waals surface area contributed by atoms with Gasteiger partial charge in [0, 0.05) is 30.3 Å². The first-order chi connectivity index (χ1) is 19.8. The molecule has 0 aliphatic carbocycles. The van der Waals surface area contributed by atoms with Gasteiger partial charge >= 0.3 is 5.97 Å². The van der Waals surface area contributed by atoms with Crippen LogP contribution in [0.5, 0.6) is 5.75 Å². The van der Waals surface area contributed by atoms with Gasteiger partial charge in [-0.1, -0.05) is 29.8 Å². The number of carbonyl (C=O) groups is 1. The van der Waals surface area contributed by atoms with Crippen molar-refractivity contribution >= 4 is 34.2 Å². The van der Waals surface area contributed by atoms with E-state index in [0.29, 0.717) is 25.2 Å². The Kier molecular flexibility index (Phi) is 7.70. The number of aromatic carboxylic acids is 1. The molecule has 0 radical (unpaired) electrons. The van der Waals surface area contributed by atoms with E-state index in [2.05, 4.69) is 20.5 Å². The molecule has 0 amide bonds. The van der Waals surface area contributed by atoms with E-state index in [0.717, 1.165) is 48.5 Å². The number of rotatable bonds is 9. The van der Waals surface area contributed by atoms with Crippen LogP contribution in [0.1, 0.15) is 40.3 Å². The molecule has 2 aliphatic rings. The van der Waals surface area contributed by atoms with Crippen LogP contribution in [0.2, 0.25) is 5.02 Å². The molecule has 2 aromatic heterocycles. The number of carboxylic acids is 1. The Morgan fingerprint density at radius 1 is 1.17 bits per heavy atom. The van der Waals surface area contributed by atoms with Crippen LogP contribution in [0.25, 0.3) is 16.6 Å². The fourth-order valence-electron chi connectivity index (χ4n) is 5.07. The number of carboxylic acid groups (broad SMARTS) is 1. The Bertz CT molecular complexity index is 1650. The molecule has 0 unspecified atom stereocenters. The summed E-state index contributed by atoms with van der Waals surface area (Å²) in [5, 5.41) is 9.63. The maximum atomic E-state index is 14.5. The molecule has 0 saturated carbocycles. The van der Waals surface area contributed by atoms with Crippen LogP contribution in [0.15, 0.2) is 54.7 Å². The van der Waals surface area contributed by atoms with Gasteiger partial charge in [-0.15, -0.1) is 0 Å². The Morgan fingerprint density at radius 2 is 2.02 bits per heavy atom. The fourth-order valence-corrected chi connectivity index (χ4v) is 5.23. The van der Waals surface area contributed by atoms with E-state index in [-0.39, 0.29) is 34.7 Å². The van der Waals surface area contributed by atoms with Crippen molar-refractivity contribution in [1.29, 1.82) is 0 Å². The summed E-state index contributed by atoms with van der Waals surface area (Å²) in [7, 11) is 0. The molecule has 0 bridgehead atoms. The standard InChI is InChI=1S/C30H27ClF2N4O4/c31-21-3-1-20(24(33)12-21)17-41-28-11-19(2-4-23(28)32)18-5-8-36(9-6-18)16-29-35-25-13-26(30(38)39)34-14-27(25)37(29)15-22-7-10-40-22/h1-5,11-14,22H,6-10,15-17H2,(H,38,39)/t22-/m0/s1.